The number of esters is 1. The Labute approximate surface area is 160 Å². The summed E-state index contributed by atoms with van der Waals surface area (Å²) in [4.78, 5) is 16.1. The molecule has 1 aromatic carbocycles. The molecule has 1 N–H and O–H groups in total. The van der Waals surface area contributed by atoms with Crippen LogP contribution in [0.3, 0.4) is 0 Å². The number of carbonyl (C=O) groups excluding carboxylic acids is 1. The van der Waals surface area contributed by atoms with Crippen molar-refractivity contribution in [2.75, 3.05) is 20.3 Å². The number of hydrogen-bond donors (Lipinski definition) is 1. The van der Waals surface area contributed by atoms with E-state index in [4.69, 9.17) is 14.2 Å². The van der Waals surface area contributed by atoms with Crippen molar-refractivity contribution in [1.82, 2.24) is 10.3 Å². The minimum Gasteiger partial charge on any atom is -0.496 e. The molecule has 0 radical (unpaired) electrons. The van der Waals surface area contributed by atoms with Crippen LogP contribution in [0.15, 0.2) is 28.9 Å². The molecular weight excluding hydrogens is 412 g/mol. The molecule has 3 rings (SSSR count). The standard InChI is InChI=1S/C17H19BrN2O4.ClH/c1-3-23-17(21)14-7-11(9-20-14)24-16-12-8-13(18)15(22-2)6-10(12)4-5-19-16;/h4-6,8,11,14,20H,3,7,9H2,1-2H3;1H/t11-,14+;/m1./s1. The Hall–Kier alpha value is -1.57. The van der Waals surface area contributed by atoms with E-state index in [2.05, 4.69) is 26.2 Å². The number of rotatable bonds is 5. The molecule has 1 aromatic heterocycles. The van der Waals surface area contributed by atoms with Gasteiger partial charge in [-0.15, -0.1) is 12.4 Å². The Kier molecular flexibility index (Phi) is 6.87. The van der Waals surface area contributed by atoms with E-state index in [0.29, 0.717) is 25.5 Å². The summed E-state index contributed by atoms with van der Waals surface area (Å²) in [5.74, 6) is 1.07. The third-order valence-electron chi connectivity index (χ3n) is 3.94. The van der Waals surface area contributed by atoms with E-state index in [0.717, 1.165) is 21.0 Å². The van der Waals surface area contributed by atoms with Crippen LogP contribution in [0.4, 0.5) is 0 Å². The molecule has 0 unspecified atom stereocenters. The third kappa shape index (κ3) is 4.34. The zero-order chi connectivity index (χ0) is 17.1. The highest BCUT2D eigenvalue weighted by atomic mass is 79.9. The average molecular weight is 432 g/mol. The van der Waals surface area contributed by atoms with E-state index in [1.807, 2.05) is 18.2 Å². The lowest BCUT2D eigenvalue weighted by Gasteiger charge is -2.14. The maximum atomic E-state index is 11.8. The van der Waals surface area contributed by atoms with Crippen molar-refractivity contribution in [2.45, 2.75) is 25.5 Å². The molecule has 2 heterocycles. The predicted octanol–water partition coefficient (Wildman–Crippen LogP) is 3.10. The first-order valence-electron chi connectivity index (χ1n) is 7.81. The van der Waals surface area contributed by atoms with Crippen molar-refractivity contribution >= 4 is 45.1 Å². The summed E-state index contributed by atoms with van der Waals surface area (Å²) < 4.78 is 17.2. The molecule has 136 valence electrons. The number of nitrogens with zero attached hydrogens (tertiary/aromatic N) is 1. The third-order valence-corrected chi connectivity index (χ3v) is 4.56. The van der Waals surface area contributed by atoms with Gasteiger partial charge in [0.2, 0.25) is 5.88 Å². The van der Waals surface area contributed by atoms with E-state index in [1.54, 1.807) is 20.2 Å². The van der Waals surface area contributed by atoms with Gasteiger partial charge in [0.1, 0.15) is 17.9 Å². The van der Waals surface area contributed by atoms with Gasteiger partial charge in [0.25, 0.3) is 0 Å². The highest BCUT2D eigenvalue weighted by molar-refractivity contribution is 9.10. The van der Waals surface area contributed by atoms with Crippen LogP contribution in [0.2, 0.25) is 0 Å². The number of halogens is 2. The quantitative estimate of drug-likeness (QED) is 0.734. The van der Waals surface area contributed by atoms with Gasteiger partial charge in [0, 0.05) is 24.5 Å². The van der Waals surface area contributed by atoms with Gasteiger partial charge in [-0.05, 0) is 46.4 Å². The molecule has 1 aliphatic heterocycles. The van der Waals surface area contributed by atoms with Gasteiger partial charge in [-0.25, -0.2) is 4.98 Å². The molecule has 2 aromatic rings. The van der Waals surface area contributed by atoms with Gasteiger partial charge in [-0.1, -0.05) is 0 Å². The molecule has 2 atom stereocenters. The molecule has 25 heavy (non-hydrogen) atoms. The summed E-state index contributed by atoms with van der Waals surface area (Å²) in [5.41, 5.74) is 0. The minimum atomic E-state index is -0.322. The van der Waals surface area contributed by atoms with Crippen LogP contribution in [0, 0.1) is 0 Å². The Balaban J connectivity index is 0.00000225. The first-order chi connectivity index (χ1) is 11.6. The van der Waals surface area contributed by atoms with Crippen LogP contribution in [-0.4, -0.2) is 43.4 Å². The molecule has 6 nitrogen and oxygen atoms in total. The normalized spacial score (nSPS) is 19.3. The second kappa shape index (κ2) is 8.69. The van der Waals surface area contributed by atoms with E-state index in [1.165, 1.54) is 0 Å². The summed E-state index contributed by atoms with van der Waals surface area (Å²) in [6, 6.07) is 5.45. The predicted molar refractivity (Wildman–Crippen MR) is 101 cm³/mol. The van der Waals surface area contributed by atoms with Crippen molar-refractivity contribution in [2.24, 2.45) is 0 Å². The van der Waals surface area contributed by atoms with E-state index in [9.17, 15) is 4.79 Å². The maximum absolute atomic E-state index is 11.8. The minimum absolute atomic E-state index is 0. The molecule has 0 aliphatic carbocycles. The fourth-order valence-corrected chi connectivity index (χ4v) is 3.28. The van der Waals surface area contributed by atoms with Gasteiger partial charge >= 0.3 is 5.97 Å². The lowest BCUT2D eigenvalue weighted by atomic mass is 10.1. The molecule has 0 amide bonds. The number of benzene rings is 1. The molecule has 1 fully saturated rings. The van der Waals surface area contributed by atoms with Crippen LogP contribution in [0.1, 0.15) is 13.3 Å². The van der Waals surface area contributed by atoms with Gasteiger partial charge in [-0.2, -0.15) is 0 Å². The van der Waals surface area contributed by atoms with Gasteiger partial charge < -0.3 is 19.5 Å². The highest BCUT2D eigenvalue weighted by Crippen LogP contribution is 2.34. The number of carbonyl (C=O) groups is 1. The van der Waals surface area contributed by atoms with E-state index < -0.39 is 0 Å². The van der Waals surface area contributed by atoms with Crippen molar-refractivity contribution in [3.05, 3.63) is 28.9 Å². The van der Waals surface area contributed by atoms with Gasteiger partial charge in [0.15, 0.2) is 0 Å². The average Bonchev–Trinajstić information content (AvgIpc) is 3.04. The summed E-state index contributed by atoms with van der Waals surface area (Å²) in [7, 11) is 1.63. The first kappa shape index (κ1) is 19.8. The number of methoxy groups -OCH3 is 1. The van der Waals surface area contributed by atoms with E-state index >= 15 is 0 Å². The highest BCUT2D eigenvalue weighted by Gasteiger charge is 2.32. The van der Waals surface area contributed by atoms with Crippen molar-refractivity contribution in [3.8, 4) is 11.6 Å². The second-order valence-electron chi connectivity index (χ2n) is 5.51. The smallest absolute Gasteiger partial charge is 0.323 e. The lowest BCUT2D eigenvalue weighted by molar-refractivity contribution is -0.145. The SMILES string of the molecule is CCOC(=O)[C@@H]1C[C@@H](Oc2nccc3cc(OC)c(Br)cc23)CN1.Cl. The van der Waals surface area contributed by atoms with E-state index in [-0.39, 0.29) is 30.5 Å². The molecule has 1 saturated heterocycles. The zero-order valence-electron chi connectivity index (χ0n) is 14.0. The topological polar surface area (TPSA) is 69.7 Å². The Morgan fingerprint density at radius 3 is 2.96 bits per heavy atom. The number of aromatic nitrogens is 1. The fraction of sp³-hybridized carbons (Fsp3) is 0.412. The first-order valence-corrected chi connectivity index (χ1v) is 8.60. The van der Waals surface area contributed by atoms with Crippen molar-refractivity contribution in [3.63, 3.8) is 0 Å². The van der Waals surface area contributed by atoms with Gasteiger partial charge in [0.05, 0.1) is 18.2 Å². The number of ether oxygens (including phenoxy) is 3. The number of pyridine rings is 1. The second-order valence-corrected chi connectivity index (χ2v) is 6.37. The number of fused-ring (bicyclic) bond motifs is 1. The Morgan fingerprint density at radius 1 is 1.44 bits per heavy atom. The molecule has 8 heteroatoms. The molecule has 0 bridgehead atoms. The Bertz CT molecular complexity index is 759. The summed E-state index contributed by atoms with van der Waals surface area (Å²) in [5, 5.41) is 5.01. The van der Waals surface area contributed by atoms with Gasteiger partial charge in [-0.3, -0.25) is 4.79 Å². The monoisotopic (exact) mass is 430 g/mol. The van der Waals surface area contributed by atoms with Crippen molar-refractivity contribution in [1.29, 1.82) is 0 Å². The van der Waals surface area contributed by atoms with Crippen LogP contribution in [0.5, 0.6) is 11.6 Å². The lowest BCUT2D eigenvalue weighted by Crippen LogP contribution is -2.32. The largest absolute Gasteiger partial charge is 0.496 e. The Morgan fingerprint density at radius 2 is 2.24 bits per heavy atom. The molecule has 1 aliphatic rings. The van der Waals surface area contributed by atoms with Crippen molar-refractivity contribution < 1.29 is 19.0 Å². The summed E-state index contributed by atoms with van der Waals surface area (Å²) in [6.07, 6.45) is 2.14. The maximum Gasteiger partial charge on any atom is 0.323 e. The fourth-order valence-electron chi connectivity index (χ4n) is 2.77. The van der Waals surface area contributed by atoms with Crippen LogP contribution < -0.4 is 14.8 Å². The van der Waals surface area contributed by atoms with Crippen LogP contribution in [0.25, 0.3) is 10.8 Å². The molecule has 0 saturated carbocycles. The van der Waals surface area contributed by atoms with Crippen LogP contribution >= 0.6 is 28.3 Å². The number of nitrogens with one attached hydrogen (secondary N) is 1. The number of hydrogen-bond acceptors (Lipinski definition) is 6. The van der Waals surface area contributed by atoms with Crippen LogP contribution in [-0.2, 0) is 9.53 Å². The molecule has 0 spiro atoms. The molecular formula is C17H20BrClN2O4. The summed E-state index contributed by atoms with van der Waals surface area (Å²) in [6.45, 7) is 2.76. The summed E-state index contributed by atoms with van der Waals surface area (Å²) >= 11 is 3.49. The zero-order valence-corrected chi connectivity index (χ0v) is 16.4.